The van der Waals surface area contributed by atoms with E-state index in [2.05, 4.69) is 22.0 Å². The number of nitrogens with zero attached hydrogens (tertiary/aromatic N) is 4. The van der Waals surface area contributed by atoms with Crippen molar-refractivity contribution in [2.24, 2.45) is 7.05 Å². The molecule has 0 unspecified atom stereocenters. The van der Waals surface area contributed by atoms with Crippen molar-refractivity contribution in [1.29, 1.82) is 0 Å². The summed E-state index contributed by atoms with van der Waals surface area (Å²) in [7, 11) is 1.75. The van der Waals surface area contributed by atoms with Crippen LogP contribution in [0.3, 0.4) is 0 Å². The molecule has 2 rings (SSSR count). The van der Waals surface area contributed by atoms with E-state index in [-0.39, 0.29) is 5.75 Å². The lowest BCUT2D eigenvalue weighted by Crippen LogP contribution is -2.01. The van der Waals surface area contributed by atoms with Gasteiger partial charge in [0, 0.05) is 12.5 Å². The summed E-state index contributed by atoms with van der Waals surface area (Å²) >= 11 is 0. The van der Waals surface area contributed by atoms with Crippen molar-refractivity contribution in [3.8, 4) is 11.5 Å². The van der Waals surface area contributed by atoms with Gasteiger partial charge >= 0.3 is 0 Å². The third kappa shape index (κ3) is 4.59. The quantitative estimate of drug-likeness (QED) is 0.594. The van der Waals surface area contributed by atoms with Crippen LogP contribution in [0.25, 0.3) is 0 Å². The highest BCUT2D eigenvalue weighted by atomic mass is 16.5. The van der Waals surface area contributed by atoms with Crippen LogP contribution in [0.2, 0.25) is 0 Å². The molecule has 1 heterocycles. The van der Waals surface area contributed by atoms with Crippen molar-refractivity contribution in [3.05, 3.63) is 42.2 Å². The second-order valence-corrected chi connectivity index (χ2v) is 4.79. The van der Waals surface area contributed by atoms with E-state index < -0.39 is 0 Å². The number of tetrazole rings is 1. The summed E-state index contributed by atoms with van der Waals surface area (Å²) in [5.41, 5.74) is 1.03. The number of aromatic hydroxyl groups is 1. The molecule has 112 valence electrons. The Morgan fingerprint density at radius 1 is 1.38 bits per heavy atom. The van der Waals surface area contributed by atoms with Crippen molar-refractivity contribution in [3.63, 3.8) is 0 Å². The van der Waals surface area contributed by atoms with Crippen molar-refractivity contribution in [2.75, 3.05) is 6.61 Å². The first-order chi connectivity index (χ1) is 10.2. The maximum atomic E-state index is 9.53. The lowest BCUT2D eigenvalue weighted by molar-refractivity contribution is 0.302. The van der Waals surface area contributed by atoms with E-state index in [0.717, 1.165) is 37.1 Å². The molecule has 0 aliphatic heterocycles. The van der Waals surface area contributed by atoms with Crippen LogP contribution in [-0.4, -0.2) is 31.9 Å². The first-order valence-electron chi connectivity index (χ1n) is 6.97. The van der Waals surface area contributed by atoms with E-state index in [1.807, 2.05) is 12.1 Å². The number of hydrogen-bond donors (Lipinski definition) is 1. The van der Waals surface area contributed by atoms with Crippen molar-refractivity contribution >= 4 is 0 Å². The average molecular weight is 288 g/mol. The molecule has 1 aromatic heterocycles. The molecule has 0 aliphatic carbocycles. The molecule has 0 atom stereocenters. The average Bonchev–Trinajstić information content (AvgIpc) is 2.87. The van der Waals surface area contributed by atoms with Gasteiger partial charge in [0.2, 0.25) is 0 Å². The summed E-state index contributed by atoms with van der Waals surface area (Å²) in [4.78, 5) is 1.46. The molecule has 2 aromatic rings. The topological polar surface area (TPSA) is 73.1 Å². The van der Waals surface area contributed by atoms with Gasteiger partial charge in [-0.3, -0.25) is 0 Å². The van der Waals surface area contributed by atoms with E-state index in [4.69, 9.17) is 4.74 Å². The number of phenolic OH excluding ortho intramolecular Hbond substituents is 1. The summed E-state index contributed by atoms with van der Waals surface area (Å²) in [5.74, 6) is 1.68. The highest BCUT2D eigenvalue weighted by Gasteiger charge is 2.05. The van der Waals surface area contributed by atoms with Gasteiger partial charge in [0.15, 0.2) is 5.82 Å². The van der Waals surface area contributed by atoms with E-state index in [1.165, 1.54) is 4.80 Å². The number of allylic oxidation sites excluding steroid dienone is 1. The minimum absolute atomic E-state index is 0.210. The monoisotopic (exact) mass is 288 g/mol. The van der Waals surface area contributed by atoms with Gasteiger partial charge < -0.3 is 9.84 Å². The van der Waals surface area contributed by atoms with Crippen LogP contribution >= 0.6 is 0 Å². The second-order valence-electron chi connectivity index (χ2n) is 4.79. The Balaban J connectivity index is 1.77. The molecule has 0 fully saturated rings. The fourth-order valence-corrected chi connectivity index (χ4v) is 1.99. The van der Waals surface area contributed by atoms with Crippen LogP contribution in [0.5, 0.6) is 11.5 Å². The van der Waals surface area contributed by atoms with E-state index in [9.17, 15) is 5.11 Å². The first kappa shape index (κ1) is 15.0. The number of aryl methyl sites for hydroxylation is 2. The largest absolute Gasteiger partial charge is 0.508 e. The minimum Gasteiger partial charge on any atom is -0.508 e. The van der Waals surface area contributed by atoms with Crippen LogP contribution in [0.1, 0.15) is 24.2 Å². The third-order valence-electron chi connectivity index (χ3n) is 3.02. The zero-order chi connectivity index (χ0) is 15.1. The molecule has 0 aliphatic rings. The number of phenols is 1. The zero-order valence-corrected chi connectivity index (χ0v) is 12.2. The first-order valence-corrected chi connectivity index (χ1v) is 6.97. The summed E-state index contributed by atoms with van der Waals surface area (Å²) in [6.07, 6.45) is 5.15. The van der Waals surface area contributed by atoms with E-state index >= 15 is 0 Å². The molecule has 1 N–H and O–H groups in total. The van der Waals surface area contributed by atoms with Gasteiger partial charge in [0.1, 0.15) is 11.5 Å². The lowest BCUT2D eigenvalue weighted by atomic mass is 10.1. The second kappa shape index (κ2) is 7.42. The van der Waals surface area contributed by atoms with Gasteiger partial charge in [-0.25, -0.2) is 0 Å². The molecule has 0 spiro atoms. The summed E-state index contributed by atoms with van der Waals surface area (Å²) in [5, 5.41) is 21.4. The molecular weight excluding hydrogens is 268 g/mol. The van der Waals surface area contributed by atoms with Crippen LogP contribution in [0.4, 0.5) is 0 Å². The molecule has 1 aromatic carbocycles. The van der Waals surface area contributed by atoms with E-state index in [0.29, 0.717) is 12.4 Å². The fourth-order valence-electron chi connectivity index (χ4n) is 1.99. The molecule has 6 heteroatoms. The number of ether oxygens (including phenoxy) is 1. The van der Waals surface area contributed by atoms with Crippen molar-refractivity contribution in [1.82, 2.24) is 20.2 Å². The van der Waals surface area contributed by atoms with Crippen molar-refractivity contribution in [2.45, 2.75) is 25.7 Å². The molecule has 0 saturated heterocycles. The maximum absolute atomic E-state index is 9.53. The van der Waals surface area contributed by atoms with Gasteiger partial charge in [-0.05, 0) is 36.1 Å². The van der Waals surface area contributed by atoms with E-state index in [1.54, 1.807) is 19.2 Å². The number of aromatic nitrogens is 4. The molecule has 0 saturated carbocycles. The Labute approximate surface area is 124 Å². The Morgan fingerprint density at radius 3 is 2.95 bits per heavy atom. The summed E-state index contributed by atoms with van der Waals surface area (Å²) in [6, 6.07) is 5.16. The molecule has 6 nitrogen and oxygen atoms in total. The number of rotatable bonds is 8. The van der Waals surface area contributed by atoms with Gasteiger partial charge in [-0.2, -0.15) is 4.80 Å². The van der Waals surface area contributed by atoms with Gasteiger partial charge in [0.05, 0.1) is 13.7 Å². The fraction of sp³-hybridized carbons (Fsp3) is 0.400. The van der Waals surface area contributed by atoms with Gasteiger partial charge in [0.25, 0.3) is 0 Å². The van der Waals surface area contributed by atoms with Crippen LogP contribution in [0.15, 0.2) is 30.9 Å². The predicted molar refractivity (Wildman–Crippen MR) is 79.2 cm³/mol. The number of hydrogen-bond acceptors (Lipinski definition) is 5. The minimum atomic E-state index is 0.210. The normalized spacial score (nSPS) is 10.5. The zero-order valence-electron chi connectivity index (χ0n) is 12.2. The van der Waals surface area contributed by atoms with Crippen LogP contribution in [0, 0.1) is 0 Å². The molecule has 0 bridgehead atoms. The third-order valence-corrected chi connectivity index (χ3v) is 3.02. The standard InChI is InChI=1S/C15H20N4O2/c1-3-6-12-8-9-13(20)11-14(12)21-10-5-4-7-15-16-18-19(2)17-15/h3,8-9,11,20H,1,4-7,10H2,2H3. The highest BCUT2D eigenvalue weighted by molar-refractivity contribution is 5.40. The van der Waals surface area contributed by atoms with Crippen LogP contribution < -0.4 is 4.74 Å². The molecule has 21 heavy (non-hydrogen) atoms. The lowest BCUT2D eigenvalue weighted by Gasteiger charge is -2.10. The highest BCUT2D eigenvalue weighted by Crippen LogP contribution is 2.25. The van der Waals surface area contributed by atoms with Gasteiger partial charge in [-0.15, -0.1) is 16.8 Å². The maximum Gasteiger partial charge on any atom is 0.174 e. The number of benzene rings is 1. The predicted octanol–water partition coefficient (Wildman–Crippen LogP) is 2.05. The molecule has 0 radical (unpaired) electrons. The Hall–Kier alpha value is -2.37. The summed E-state index contributed by atoms with van der Waals surface area (Å²) < 4.78 is 5.74. The molecular formula is C15H20N4O2. The Kier molecular flexibility index (Phi) is 5.31. The van der Waals surface area contributed by atoms with Gasteiger partial charge in [-0.1, -0.05) is 12.1 Å². The number of unbranched alkanes of at least 4 members (excludes halogenated alkanes) is 1. The van der Waals surface area contributed by atoms with Crippen molar-refractivity contribution < 1.29 is 9.84 Å². The SMILES string of the molecule is C=CCc1ccc(O)cc1OCCCCc1nnn(C)n1. The molecule has 0 amide bonds. The van der Waals surface area contributed by atoms with Crippen LogP contribution in [-0.2, 0) is 19.9 Å². The summed E-state index contributed by atoms with van der Waals surface area (Å²) in [6.45, 7) is 4.32. The Bertz CT molecular complexity index is 595. The smallest absolute Gasteiger partial charge is 0.174 e. The Morgan fingerprint density at radius 2 is 2.24 bits per heavy atom.